The Morgan fingerprint density at radius 1 is 1.10 bits per heavy atom. The fourth-order valence-corrected chi connectivity index (χ4v) is 3.70. The first-order valence-electron chi connectivity index (χ1n) is 6.17. The first-order chi connectivity index (χ1) is 9.91. The van der Waals surface area contributed by atoms with Gasteiger partial charge in [-0.25, -0.2) is 12.8 Å². The third-order valence-corrected chi connectivity index (χ3v) is 4.69. The van der Waals surface area contributed by atoms with Crippen molar-refractivity contribution >= 4 is 21.4 Å². The largest absolute Gasteiger partial charge is 0.496 e. The zero-order chi connectivity index (χ0) is 15.5. The summed E-state index contributed by atoms with van der Waals surface area (Å²) in [7, 11) is -2.08. The molecule has 3 nitrogen and oxygen atoms in total. The van der Waals surface area contributed by atoms with Crippen molar-refractivity contribution in [3.8, 4) is 5.75 Å². The number of halogens is 2. The molecule has 0 fully saturated rings. The van der Waals surface area contributed by atoms with Crippen molar-refractivity contribution in [2.75, 3.05) is 7.11 Å². The number of sulfone groups is 1. The van der Waals surface area contributed by atoms with E-state index in [0.29, 0.717) is 16.3 Å². The van der Waals surface area contributed by atoms with Crippen LogP contribution in [-0.4, -0.2) is 15.5 Å². The predicted molar refractivity (Wildman–Crippen MR) is 80.7 cm³/mol. The van der Waals surface area contributed by atoms with Crippen LogP contribution in [0.4, 0.5) is 4.39 Å². The second-order valence-corrected chi connectivity index (χ2v) is 7.08. The summed E-state index contributed by atoms with van der Waals surface area (Å²) in [6.07, 6.45) is 0. The van der Waals surface area contributed by atoms with Gasteiger partial charge in [-0.3, -0.25) is 0 Å². The van der Waals surface area contributed by atoms with Crippen molar-refractivity contribution < 1.29 is 17.5 Å². The molecule has 0 saturated heterocycles. The quantitative estimate of drug-likeness (QED) is 0.842. The molecule has 0 unspecified atom stereocenters. The molecule has 2 aromatic carbocycles. The number of benzene rings is 2. The van der Waals surface area contributed by atoms with Crippen LogP contribution in [0.3, 0.4) is 0 Å². The van der Waals surface area contributed by atoms with Crippen molar-refractivity contribution in [2.24, 2.45) is 0 Å². The highest BCUT2D eigenvalue weighted by Crippen LogP contribution is 2.25. The molecular formula is C15H14ClFO3S. The van der Waals surface area contributed by atoms with Crippen LogP contribution in [0.2, 0.25) is 5.02 Å². The number of methoxy groups -OCH3 is 1. The van der Waals surface area contributed by atoms with Gasteiger partial charge in [0.1, 0.15) is 11.6 Å². The zero-order valence-corrected chi connectivity index (χ0v) is 12.9. The van der Waals surface area contributed by atoms with E-state index < -0.39 is 15.7 Å². The minimum absolute atomic E-state index is 0.151. The molecular weight excluding hydrogens is 315 g/mol. The van der Waals surface area contributed by atoms with Gasteiger partial charge < -0.3 is 4.74 Å². The van der Waals surface area contributed by atoms with Crippen molar-refractivity contribution in [3.63, 3.8) is 0 Å². The normalized spacial score (nSPS) is 11.4. The van der Waals surface area contributed by atoms with E-state index in [-0.39, 0.29) is 17.1 Å². The summed E-state index contributed by atoms with van der Waals surface area (Å²) in [5.74, 6) is -0.712. The Balaban J connectivity index is 2.26. The predicted octanol–water partition coefficient (Wildman–Crippen LogP) is 3.60. The maximum Gasteiger partial charge on any atom is 0.158 e. The molecule has 0 aliphatic carbocycles. The molecule has 0 aromatic heterocycles. The summed E-state index contributed by atoms with van der Waals surface area (Å²) in [4.78, 5) is 0. The highest BCUT2D eigenvalue weighted by molar-refractivity contribution is 7.89. The number of hydrogen-bond acceptors (Lipinski definition) is 3. The molecule has 112 valence electrons. The molecule has 6 heteroatoms. The summed E-state index contributed by atoms with van der Waals surface area (Å²) in [6, 6.07) is 10.6. The average Bonchev–Trinajstić information content (AvgIpc) is 2.41. The Morgan fingerprint density at radius 2 is 1.76 bits per heavy atom. The number of rotatable bonds is 5. The van der Waals surface area contributed by atoms with Crippen LogP contribution in [-0.2, 0) is 21.3 Å². The van der Waals surface area contributed by atoms with E-state index in [0.717, 1.165) is 0 Å². The van der Waals surface area contributed by atoms with Crippen LogP contribution in [0.5, 0.6) is 5.75 Å². The fourth-order valence-electron chi connectivity index (χ4n) is 2.00. The summed E-state index contributed by atoms with van der Waals surface area (Å²) in [5.41, 5.74) is 0.611. The van der Waals surface area contributed by atoms with Crippen molar-refractivity contribution in [1.82, 2.24) is 0 Å². The van der Waals surface area contributed by atoms with Gasteiger partial charge in [0.05, 0.1) is 18.6 Å². The second kappa shape index (κ2) is 6.45. The summed E-state index contributed by atoms with van der Waals surface area (Å²) >= 11 is 5.88. The van der Waals surface area contributed by atoms with E-state index in [9.17, 15) is 12.8 Å². The third kappa shape index (κ3) is 4.19. The lowest BCUT2D eigenvalue weighted by molar-refractivity contribution is 0.411. The summed E-state index contributed by atoms with van der Waals surface area (Å²) in [6.45, 7) is 0. The van der Waals surface area contributed by atoms with Crippen LogP contribution in [0, 0.1) is 5.82 Å². The monoisotopic (exact) mass is 328 g/mol. The third-order valence-electron chi connectivity index (χ3n) is 2.95. The van der Waals surface area contributed by atoms with E-state index >= 15 is 0 Å². The lowest BCUT2D eigenvalue weighted by atomic mass is 10.2. The number of ether oxygens (including phenoxy) is 1. The maximum absolute atomic E-state index is 13.6. The molecule has 0 atom stereocenters. The van der Waals surface area contributed by atoms with Gasteiger partial charge in [-0.1, -0.05) is 29.8 Å². The van der Waals surface area contributed by atoms with Gasteiger partial charge in [0.2, 0.25) is 0 Å². The van der Waals surface area contributed by atoms with Crippen molar-refractivity contribution in [3.05, 3.63) is 64.4 Å². The van der Waals surface area contributed by atoms with Crippen molar-refractivity contribution in [1.29, 1.82) is 0 Å². The molecule has 2 aromatic rings. The molecule has 21 heavy (non-hydrogen) atoms. The van der Waals surface area contributed by atoms with Gasteiger partial charge in [-0.05, 0) is 24.3 Å². The van der Waals surface area contributed by atoms with Gasteiger partial charge >= 0.3 is 0 Å². The summed E-state index contributed by atoms with van der Waals surface area (Å²) < 4.78 is 43.2. The highest BCUT2D eigenvalue weighted by Gasteiger charge is 2.18. The lowest BCUT2D eigenvalue weighted by Crippen LogP contribution is -2.09. The van der Waals surface area contributed by atoms with E-state index in [1.165, 1.54) is 25.3 Å². The molecule has 0 aliphatic rings. The molecule has 0 saturated carbocycles. The summed E-state index contributed by atoms with van der Waals surface area (Å²) in [5, 5.41) is 0.423. The molecule has 0 amide bonds. The topological polar surface area (TPSA) is 43.4 Å². The Morgan fingerprint density at radius 3 is 2.43 bits per heavy atom. The van der Waals surface area contributed by atoms with E-state index in [4.69, 9.17) is 16.3 Å². The van der Waals surface area contributed by atoms with E-state index in [1.54, 1.807) is 24.3 Å². The first-order valence-corrected chi connectivity index (χ1v) is 8.37. The van der Waals surface area contributed by atoms with Crippen LogP contribution in [0.1, 0.15) is 11.1 Å². The van der Waals surface area contributed by atoms with Gasteiger partial charge in [0.15, 0.2) is 9.84 Å². The van der Waals surface area contributed by atoms with Crippen molar-refractivity contribution in [2.45, 2.75) is 11.5 Å². The SMILES string of the molecule is COc1ccc(Cl)cc1CS(=O)(=O)Cc1ccccc1F. The average molecular weight is 329 g/mol. The van der Waals surface area contributed by atoms with Crippen LogP contribution >= 0.6 is 11.6 Å². The standard InChI is InChI=1S/C15H14ClFO3S/c1-20-15-7-6-13(16)8-12(15)10-21(18,19)9-11-4-2-3-5-14(11)17/h2-8H,9-10H2,1H3. The van der Waals surface area contributed by atoms with Gasteiger partial charge in [0.25, 0.3) is 0 Å². The Labute approximate surface area is 128 Å². The Bertz CT molecular complexity index is 744. The zero-order valence-electron chi connectivity index (χ0n) is 11.3. The molecule has 0 bridgehead atoms. The fraction of sp³-hybridized carbons (Fsp3) is 0.200. The number of hydrogen-bond donors (Lipinski definition) is 0. The van der Waals surface area contributed by atoms with E-state index in [2.05, 4.69) is 0 Å². The van der Waals surface area contributed by atoms with Crippen LogP contribution in [0.25, 0.3) is 0 Å². The molecule has 2 rings (SSSR count). The second-order valence-electron chi connectivity index (χ2n) is 4.58. The van der Waals surface area contributed by atoms with Gasteiger partial charge in [-0.15, -0.1) is 0 Å². The molecule has 0 radical (unpaired) electrons. The minimum atomic E-state index is -3.54. The Kier molecular flexibility index (Phi) is 4.85. The molecule has 0 spiro atoms. The molecule has 0 heterocycles. The van der Waals surface area contributed by atoms with Crippen LogP contribution in [0.15, 0.2) is 42.5 Å². The smallest absolute Gasteiger partial charge is 0.158 e. The highest BCUT2D eigenvalue weighted by atomic mass is 35.5. The van der Waals surface area contributed by atoms with E-state index in [1.807, 2.05) is 0 Å². The lowest BCUT2D eigenvalue weighted by Gasteiger charge is -2.10. The van der Waals surface area contributed by atoms with Gasteiger partial charge in [-0.2, -0.15) is 0 Å². The first kappa shape index (κ1) is 15.8. The van der Waals surface area contributed by atoms with Crippen LogP contribution < -0.4 is 4.74 Å². The minimum Gasteiger partial charge on any atom is -0.496 e. The Hall–Kier alpha value is -1.59. The molecule has 0 N–H and O–H groups in total. The maximum atomic E-state index is 13.6. The molecule has 0 aliphatic heterocycles. The van der Waals surface area contributed by atoms with Gasteiger partial charge in [0, 0.05) is 16.1 Å².